The van der Waals surface area contributed by atoms with Crippen LogP contribution in [0.25, 0.3) is 0 Å². The van der Waals surface area contributed by atoms with Crippen LogP contribution in [-0.4, -0.2) is 74.9 Å². The van der Waals surface area contributed by atoms with Crippen molar-refractivity contribution in [2.75, 3.05) is 47.5 Å². The highest BCUT2D eigenvalue weighted by Gasteiger charge is 2.27. The zero-order valence-electron chi connectivity index (χ0n) is 58.1. The minimum Gasteiger partial charge on any atom is -0.462 e. The molecule has 0 aromatic carbocycles. The highest BCUT2D eigenvalue weighted by molar-refractivity contribution is 7.47. The minimum atomic E-state index is -4.39. The molecule has 0 aromatic heterocycles. The van der Waals surface area contributed by atoms with Crippen LogP contribution in [0.15, 0.2) is 36.5 Å². The molecule has 0 aliphatic rings. The molecule has 0 saturated heterocycles. The number of rotatable bonds is 71. The average molecular weight is 1230 g/mol. The third kappa shape index (κ3) is 71.3. The van der Waals surface area contributed by atoms with Crippen molar-refractivity contribution in [3.8, 4) is 0 Å². The number of phosphoric ester groups is 1. The minimum absolute atomic E-state index is 0.0329. The number of carbonyl (C=O) groups excluding carboxylic acids is 2. The monoisotopic (exact) mass is 1230 g/mol. The Bertz CT molecular complexity index is 1540. The van der Waals surface area contributed by atoms with Gasteiger partial charge in [0, 0.05) is 12.8 Å². The maximum atomic E-state index is 12.9. The lowest BCUT2D eigenvalue weighted by atomic mass is 10.0. The second-order valence-corrected chi connectivity index (χ2v) is 28.5. The molecule has 0 aromatic rings. The van der Waals surface area contributed by atoms with Gasteiger partial charge in [-0.05, 0) is 70.6 Å². The Morgan fingerprint density at radius 3 is 0.930 bits per heavy atom. The fourth-order valence-corrected chi connectivity index (χ4v) is 12.1. The number of ether oxygens (including phenoxy) is 2. The van der Waals surface area contributed by atoms with Gasteiger partial charge in [-0.2, -0.15) is 0 Å². The van der Waals surface area contributed by atoms with Gasteiger partial charge in [0.15, 0.2) is 6.10 Å². The van der Waals surface area contributed by atoms with Crippen molar-refractivity contribution in [1.82, 2.24) is 0 Å². The van der Waals surface area contributed by atoms with Crippen LogP contribution >= 0.6 is 7.82 Å². The van der Waals surface area contributed by atoms with E-state index in [4.69, 9.17) is 18.5 Å². The van der Waals surface area contributed by atoms with E-state index in [1.807, 2.05) is 21.1 Å². The van der Waals surface area contributed by atoms with Gasteiger partial charge in [0.05, 0.1) is 27.7 Å². The van der Waals surface area contributed by atoms with E-state index in [1.54, 1.807) is 0 Å². The maximum Gasteiger partial charge on any atom is 0.472 e. The number of hydrogen-bond donors (Lipinski definition) is 1. The van der Waals surface area contributed by atoms with Crippen molar-refractivity contribution in [2.45, 2.75) is 392 Å². The second-order valence-electron chi connectivity index (χ2n) is 27.0. The highest BCUT2D eigenvalue weighted by atomic mass is 31.2. The molecule has 0 rings (SSSR count). The smallest absolute Gasteiger partial charge is 0.462 e. The molecule has 0 aliphatic carbocycles. The van der Waals surface area contributed by atoms with Gasteiger partial charge in [0.25, 0.3) is 0 Å². The molecule has 0 heterocycles. The zero-order chi connectivity index (χ0) is 62.6. The van der Waals surface area contributed by atoms with Crippen LogP contribution < -0.4 is 0 Å². The summed E-state index contributed by atoms with van der Waals surface area (Å²) in [5.74, 6) is -0.783. The van der Waals surface area contributed by atoms with Gasteiger partial charge in [-0.25, -0.2) is 4.57 Å². The van der Waals surface area contributed by atoms with Crippen LogP contribution in [0.3, 0.4) is 0 Å². The van der Waals surface area contributed by atoms with Gasteiger partial charge in [0.1, 0.15) is 19.8 Å². The predicted octanol–water partition coefficient (Wildman–Crippen LogP) is 24.6. The quantitative estimate of drug-likeness (QED) is 0.0211. The number of quaternary nitrogens is 1. The number of nitrogens with zero attached hydrogens (tertiary/aromatic N) is 1. The molecular weight excluding hydrogens is 1090 g/mol. The summed E-state index contributed by atoms with van der Waals surface area (Å²) in [6.07, 6.45) is 87.2. The SMILES string of the molecule is CCCCCCC/C=C\C/C=C\CCCCCCCCCCCC(=O)OC(COC(=O)CCCCCCCCCCCCCCCCCCCCCCCCCCCCCCC/C=C\CCCCCCCCCC)COP(=O)(O)OCC[N+](C)(C)C. The largest absolute Gasteiger partial charge is 0.472 e. The average Bonchev–Trinajstić information content (AvgIpc) is 3.67. The van der Waals surface area contributed by atoms with Crippen LogP contribution in [0.2, 0.25) is 0 Å². The first-order valence-electron chi connectivity index (χ1n) is 37.7. The molecule has 9 nitrogen and oxygen atoms in total. The van der Waals surface area contributed by atoms with Gasteiger partial charge in [-0.1, -0.05) is 339 Å². The lowest BCUT2D eigenvalue weighted by molar-refractivity contribution is -0.870. The summed E-state index contributed by atoms with van der Waals surface area (Å²) in [6.45, 7) is 4.48. The van der Waals surface area contributed by atoms with E-state index in [0.717, 1.165) is 44.9 Å². The Balaban J connectivity index is 3.86. The molecule has 2 unspecified atom stereocenters. The summed E-state index contributed by atoms with van der Waals surface area (Å²) in [5, 5.41) is 0. The van der Waals surface area contributed by atoms with Gasteiger partial charge in [0.2, 0.25) is 0 Å². The van der Waals surface area contributed by atoms with Crippen molar-refractivity contribution >= 4 is 19.8 Å². The number of phosphoric acid groups is 1. The Hall–Kier alpha value is -1.77. The Morgan fingerprint density at radius 1 is 0.360 bits per heavy atom. The molecule has 0 bridgehead atoms. The summed E-state index contributed by atoms with van der Waals surface area (Å²) >= 11 is 0. The van der Waals surface area contributed by atoms with Crippen LogP contribution in [0.5, 0.6) is 0 Å². The Labute approximate surface area is 535 Å². The van der Waals surface area contributed by atoms with Gasteiger partial charge in [-0.3, -0.25) is 18.6 Å². The molecule has 508 valence electrons. The lowest BCUT2D eigenvalue weighted by Crippen LogP contribution is -2.37. The van der Waals surface area contributed by atoms with E-state index in [1.165, 1.54) is 308 Å². The third-order valence-electron chi connectivity index (χ3n) is 17.1. The van der Waals surface area contributed by atoms with Crippen molar-refractivity contribution in [2.24, 2.45) is 0 Å². The second kappa shape index (κ2) is 67.6. The van der Waals surface area contributed by atoms with E-state index < -0.39 is 26.5 Å². The number of likely N-dealkylation sites (N-methyl/N-ethyl adjacent to an activating group) is 1. The number of allylic oxidation sites excluding steroid dienone is 6. The van der Waals surface area contributed by atoms with E-state index in [9.17, 15) is 19.0 Å². The molecule has 0 fully saturated rings. The number of hydrogen-bond acceptors (Lipinski definition) is 7. The molecule has 0 spiro atoms. The first-order valence-corrected chi connectivity index (χ1v) is 39.2. The zero-order valence-corrected chi connectivity index (χ0v) is 59.0. The van der Waals surface area contributed by atoms with E-state index in [2.05, 4.69) is 50.3 Å². The molecular formula is C76H147NO8P+. The van der Waals surface area contributed by atoms with Gasteiger partial charge in [-0.15, -0.1) is 0 Å². The van der Waals surface area contributed by atoms with Gasteiger partial charge >= 0.3 is 19.8 Å². The normalized spacial score (nSPS) is 13.2. The van der Waals surface area contributed by atoms with E-state index >= 15 is 0 Å². The number of esters is 2. The molecule has 0 saturated carbocycles. The summed E-state index contributed by atoms with van der Waals surface area (Å²) in [6, 6.07) is 0. The van der Waals surface area contributed by atoms with Gasteiger partial charge < -0.3 is 18.9 Å². The van der Waals surface area contributed by atoms with Crippen LogP contribution in [0.4, 0.5) is 0 Å². The van der Waals surface area contributed by atoms with Crippen molar-refractivity contribution in [1.29, 1.82) is 0 Å². The molecule has 0 amide bonds. The molecule has 10 heteroatoms. The Kier molecular flexibility index (Phi) is 66.2. The predicted molar refractivity (Wildman–Crippen MR) is 372 cm³/mol. The lowest BCUT2D eigenvalue weighted by Gasteiger charge is -2.24. The molecule has 0 aliphatic heterocycles. The van der Waals surface area contributed by atoms with E-state index in [0.29, 0.717) is 23.9 Å². The summed E-state index contributed by atoms with van der Waals surface area (Å²) in [4.78, 5) is 35.9. The first kappa shape index (κ1) is 84.2. The first-order chi connectivity index (χ1) is 42.0. The molecule has 86 heavy (non-hydrogen) atoms. The van der Waals surface area contributed by atoms with Crippen molar-refractivity contribution in [3.63, 3.8) is 0 Å². The van der Waals surface area contributed by atoms with Crippen molar-refractivity contribution in [3.05, 3.63) is 36.5 Å². The number of unbranched alkanes of at least 4 members (excludes halogenated alkanes) is 51. The van der Waals surface area contributed by atoms with E-state index in [-0.39, 0.29) is 25.6 Å². The fourth-order valence-electron chi connectivity index (χ4n) is 11.3. The number of carbonyl (C=O) groups is 2. The summed E-state index contributed by atoms with van der Waals surface area (Å²) in [7, 11) is 1.49. The fraction of sp³-hybridized carbons (Fsp3) is 0.895. The summed E-state index contributed by atoms with van der Waals surface area (Å²) < 4.78 is 34.7. The topological polar surface area (TPSA) is 108 Å². The molecule has 1 N–H and O–H groups in total. The van der Waals surface area contributed by atoms with Crippen molar-refractivity contribution < 1.29 is 42.1 Å². The Morgan fingerprint density at radius 2 is 0.628 bits per heavy atom. The standard InChI is InChI=1S/C76H146NO8P/c1-6-8-10-12-14-16-18-20-22-24-26-28-29-30-31-32-33-34-35-36-37-38-39-40-41-42-43-44-45-46-47-49-50-52-54-56-58-60-62-64-66-68-75(78)82-72-74(73-84-86(80,81)83-71-70-77(3,4)5)85-76(79)69-67-65-63-61-59-57-55-53-51-48-27-25-23-21-19-17-15-13-11-9-7-2/h19,21,24-27,74H,6-18,20,22-23,28-73H2,1-5H3/p+1/b21-19-,26-24-,27-25-. The molecule has 2 atom stereocenters. The highest BCUT2D eigenvalue weighted by Crippen LogP contribution is 2.43. The maximum absolute atomic E-state index is 12.9. The molecule has 0 radical (unpaired) electrons. The summed E-state index contributed by atoms with van der Waals surface area (Å²) in [5.41, 5.74) is 0. The van der Waals surface area contributed by atoms with Crippen LogP contribution in [0.1, 0.15) is 386 Å². The van der Waals surface area contributed by atoms with Crippen LogP contribution in [-0.2, 0) is 32.7 Å². The van der Waals surface area contributed by atoms with Crippen LogP contribution in [0, 0.1) is 0 Å². The third-order valence-corrected chi connectivity index (χ3v) is 18.1.